The first-order valence-electron chi connectivity index (χ1n) is 6.02. The van der Waals surface area contributed by atoms with Gasteiger partial charge in [-0.2, -0.15) is 0 Å². The van der Waals surface area contributed by atoms with Gasteiger partial charge in [0, 0.05) is 6.92 Å². The van der Waals surface area contributed by atoms with Crippen molar-refractivity contribution in [1.82, 2.24) is 0 Å². The minimum Gasteiger partial charge on any atom is -0.460 e. The molecule has 0 bridgehead atoms. The molecule has 1 heterocycles. The van der Waals surface area contributed by atoms with Crippen molar-refractivity contribution in [3.63, 3.8) is 0 Å². The molecule has 0 fully saturated rings. The average Bonchev–Trinajstić information content (AvgIpc) is 2.81. The van der Waals surface area contributed by atoms with E-state index in [4.69, 9.17) is 17.0 Å². The lowest BCUT2D eigenvalue weighted by atomic mass is 10.1. The normalized spacial score (nSPS) is 10.5. The number of hydrogen-bond donors (Lipinski definition) is 1. The van der Waals surface area contributed by atoms with Gasteiger partial charge in [-0.25, -0.2) is 4.79 Å². The van der Waals surface area contributed by atoms with Crippen molar-refractivity contribution in [2.75, 3.05) is 5.32 Å². The van der Waals surface area contributed by atoms with E-state index < -0.39 is 12.1 Å². The zero-order chi connectivity index (χ0) is 15.2. The Kier molecular flexibility index (Phi) is 4.55. The van der Waals surface area contributed by atoms with Crippen LogP contribution in [-0.4, -0.2) is 26.2 Å². The first-order chi connectivity index (χ1) is 10.1. The predicted octanol–water partition coefficient (Wildman–Crippen LogP) is 1.58. The highest BCUT2D eigenvalue weighted by Gasteiger charge is 2.28. The molecule has 0 aliphatic rings. The summed E-state index contributed by atoms with van der Waals surface area (Å²) in [6, 6.07) is 9.75. The van der Waals surface area contributed by atoms with E-state index in [0.29, 0.717) is 5.75 Å². The SMILES string of the molecule is [B]c1cc(NC(=O)Oc2ccccc2)c(C(=O)[O+]=CC)o1. The number of carbonyl (C=O) groups is 2. The van der Waals surface area contributed by atoms with Gasteiger partial charge < -0.3 is 9.15 Å². The van der Waals surface area contributed by atoms with E-state index >= 15 is 0 Å². The van der Waals surface area contributed by atoms with E-state index in [2.05, 4.69) is 9.74 Å². The number of aldehydes is 1. The summed E-state index contributed by atoms with van der Waals surface area (Å²) in [5, 5.41) is 2.37. The molecule has 0 saturated carbocycles. The summed E-state index contributed by atoms with van der Waals surface area (Å²) in [4.78, 5) is 23.4. The van der Waals surface area contributed by atoms with Crippen molar-refractivity contribution in [2.45, 2.75) is 6.92 Å². The van der Waals surface area contributed by atoms with Crippen LogP contribution < -0.4 is 15.7 Å². The van der Waals surface area contributed by atoms with Gasteiger partial charge in [-0.1, -0.05) is 18.2 Å². The molecule has 0 aliphatic carbocycles. The lowest BCUT2D eigenvalue weighted by Gasteiger charge is -2.04. The monoisotopic (exact) mass is 284 g/mol. The fourth-order valence-electron chi connectivity index (χ4n) is 1.55. The third kappa shape index (κ3) is 3.82. The first-order valence-corrected chi connectivity index (χ1v) is 6.02. The molecule has 1 aromatic carbocycles. The Bertz CT molecular complexity index is 678. The molecule has 1 aromatic heterocycles. The van der Waals surface area contributed by atoms with E-state index in [1.165, 1.54) is 19.3 Å². The number of benzene rings is 1. The quantitative estimate of drug-likeness (QED) is 0.527. The molecule has 2 rings (SSSR count). The molecular formula is C14H11BNO5+. The Labute approximate surface area is 121 Å². The Morgan fingerprint density at radius 2 is 2.05 bits per heavy atom. The Hall–Kier alpha value is -2.83. The number of para-hydroxylation sites is 1. The molecular weight excluding hydrogens is 273 g/mol. The predicted molar refractivity (Wildman–Crippen MR) is 76.3 cm³/mol. The summed E-state index contributed by atoms with van der Waals surface area (Å²) in [6.45, 7) is 1.53. The standard InChI is InChI=1S/C14H10BNO5/c1-2-19-13(17)12-10(8-11(15)21-12)16-14(18)20-9-6-4-3-5-7-9/h2-8H,1H3/p+1. The maximum absolute atomic E-state index is 11.7. The van der Waals surface area contributed by atoms with Crippen molar-refractivity contribution in [3.8, 4) is 5.75 Å². The van der Waals surface area contributed by atoms with E-state index in [0.717, 1.165) is 0 Å². The highest BCUT2D eigenvalue weighted by atomic mass is 16.6. The maximum Gasteiger partial charge on any atom is 0.650 e. The van der Waals surface area contributed by atoms with Crippen molar-refractivity contribution in [3.05, 3.63) is 42.2 Å². The van der Waals surface area contributed by atoms with Gasteiger partial charge in [0.25, 0.3) is 0 Å². The molecule has 104 valence electrons. The number of hydrogen-bond acceptors (Lipinski definition) is 4. The molecule has 7 heteroatoms. The van der Waals surface area contributed by atoms with Gasteiger partial charge in [-0.05, 0) is 18.2 Å². The molecule has 1 amide bonds. The second-order valence-electron chi connectivity index (χ2n) is 3.86. The Morgan fingerprint density at radius 3 is 2.71 bits per heavy atom. The fourth-order valence-corrected chi connectivity index (χ4v) is 1.55. The number of amides is 1. The van der Waals surface area contributed by atoms with Crippen molar-refractivity contribution in [1.29, 1.82) is 0 Å². The van der Waals surface area contributed by atoms with Crippen LogP contribution in [0.25, 0.3) is 0 Å². The van der Waals surface area contributed by atoms with E-state index in [9.17, 15) is 9.59 Å². The summed E-state index contributed by atoms with van der Waals surface area (Å²) < 4.78 is 14.7. The fraction of sp³-hybridized carbons (Fsp3) is 0.0714. The molecule has 2 radical (unpaired) electrons. The average molecular weight is 284 g/mol. The number of rotatable bonds is 3. The van der Waals surface area contributed by atoms with Crippen LogP contribution in [0.4, 0.5) is 10.5 Å². The number of nitrogens with one attached hydrogen (secondary N) is 1. The lowest BCUT2D eigenvalue weighted by molar-refractivity contribution is -0.341. The van der Waals surface area contributed by atoms with Crippen LogP contribution in [0.5, 0.6) is 5.75 Å². The third-order valence-electron chi connectivity index (χ3n) is 2.35. The van der Waals surface area contributed by atoms with E-state index in [1.807, 2.05) is 0 Å². The molecule has 0 unspecified atom stereocenters. The van der Waals surface area contributed by atoms with Crippen LogP contribution in [0, 0.1) is 0 Å². The minimum atomic E-state index is -0.781. The highest BCUT2D eigenvalue weighted by Crippen LogP contribution is 2.16. The highest BCUT2D eigenvalue weighted by molar-refractivity contribution is 6.30. The second-order valence-corrected chi connectivity index (χ2v) is 3.86. The first kappa shape index (κ1) is 14.6. The summed E-state index contributed by atoms with van der Waals surface area (Å²) >= 11 is 0. The largest absolute Gasteiger partial charge is 0.650 e. The molecule has 6 nitrogen and oxygen atoms in total. The maximum atomic E-state index is 11.7. The lowest BCUT2D eigenvalue weighted by Crippen LogP contribution is -2.18. The number of anilines is 1. The number of ether oxygens (including phenoxy) is 1. The van der Waals surface area contributed by atoms with Gasteiger partial charge >= 0.3 is 17.8 Å². The Morgan fingerprint density at radius 1 is 1.33 bits per heavy atom. The van der Waals surface area contributed by atoms with Crippen LogP contribution in [0.15, 0.2) is 40.8 Å². The van der Waals surface area contributed by atoms with Gasteiger partial charge in [0.1, 0.15) is 11.4 Å². The topological polar surface area (TPSA) is 79.8 Å². The van der Waals surface area contributed by atoms with Crippen molar-refractivity contribution >= 4 is 37.5 Å². The molecule has 21 heavy (non-hydrogen) atoms. The van der Waals surface area contributed by atoms with Crippen molar-refractivity contribution in [2.24, 2.45) is 0 Å². The molecule has 0 atom stereocenters. The molecule has 0 saturated heterocycles. The third-order valence-corrected chi connectivity index (χ3v) is 2.35. The van der Waals surface area contributed by atoms with Gasteiger partial charge in [0.2, 0.25) is 0 Å². The van der Waals surface area contributed by atoms with Gasteiger partial charge in [-0.3, -0.25) is 9.74 Å². The van der Waals surface area contributed by atoms with Gasteiger partial charge in [0.05, 0.1) is 10.5 Å². The zero-order valence-corrected chi connectivity index (χ0v) is 11.2. The van der Waals surface area contributed by atoms with Crippen LogP contribution in [-0.2, 0) is 4.42 Å². The zero-order valence-electron chi connectivity index (χ0n) is 11.2. The second kappa shape index (κ2) is 6.56. The number of furan rings is 1. The summed E-state index contributed by atoms with van der Waals surface area (Å²) in [5.41, 5.74) is 0.0355. The molecule has 0 aliphatic heterocycles. The van der Waals surface area contributed by atoms with E-state index in [1.54, 1.807) is 30.3 Å². The molecule has 0 spiro atoms. The Balaban J connectivity index is 2.12. The van der Waals surface area contributed by atoms with Crippen molar-refractivity contribution < 1.29 is 23.2 Å². The number of carbonyl (C=O) groups excluding carboxylic acids is 3. The van der Waals surface area contributed by atoms with E-state index in [-0.39, 0.29) is 17.1 Å². The van der Waals surface area contributed by atoms with Crippen LogP contribution >= 0.6 is 0 Å². The smallest absolute Gasteiger partial charge is 0.460 e. The minimum absolute atomic E-state index is 0.0342. The molecule has 1 N–H and O–H groups in total. The summed E-state index contributed by atoms with van der Waals surface area (Å²) in [7, 11) is 5.46. The summed E-state index contributed by atoms with van der Waals surface area (Å²) in [5.74, 6) is -0.627. The summed E-state index contributed by atoms with van der Waals surface area (Å²) in [6.07, 6.45) is 0.407. The van der Waals surface area contributed by atoms with Crippen LogP contribution in [0.1, 0.15) is 17.5 Å². The molecule has 2 aromatic rings. The van der Waals surface area contributed by atoms with Gasteiger partial charge in [-0.15, -0.1) is 0 Å². The van der Waals surface area contributed by atoms with Gasteiger partial charge in [0.15, 0.2) is 14.1 Å². The van der Waals surface area contributed by atoms with Crippen LogP contribution in [0.3, 0.4) is 0 Å². The van der Waals surface area contributed by atoms with Crippen LogP contribution in [0.2, 0.25) is 0 Å².